The molecule has 1 atom stereocenters. The van der Waals surface area contributed by atoms with Gasteiger partial charge in [-0.1, -0.05) is 67.6 Å². The molecule has 4 nitrogen and oxygen atoms in total. The van der Waals surface area contributed by atoms with Crippen LogP contribution in [0.25, 0.3) is 0 Å². The van der Waals surface area contributed by atoms with Gasteiger partial charge in [0.2, 0.25) is 5.91 Å². The van der Waals surface area contributed by atoms with E-state index in [2.05, 4.69) is 89.6 Å². The van der Waals surface area contributed by atoms with Crippen LogP contribution in [0, 0.1) is 0 Å². The predicted octanol–water partition coefficient (Wildman–Crippen LogP) is 3.70. The van der Waals surface area contributed by atoms with Crippen LogP contribution < -0.4 is 5.32 Å². The minimum absolute atomic E-state index is 0.170. The van der Waals surface area contributed by atoms with Gasteiger partial charge in [0.15, 0.2) is 0 Å². The Labute approximate surface area is 169 Å². The molecule has 150 valence electrons. The van der Waals surface area contributed by atoms with Crippen molar-refractivity contribution in [3.63, 3.8) is 0 Å². The third-order valence-electron chi connectivity index (χ3n) is 5.68. The highest BCUT2D eigenvalue weighted by Crippen LogP contribution is 2.29. The molecule has 1 aliphatic rings. The van der Waals surface area contributed by atoms with Crippen LogP contribution >= 0.6 is 0 Å². The summed E-state index contributed by atoms with van der Waals surface area (Å²) in [6, 6.07) is 22.1. The van der Waals surface area contributed by atoms with Crippen LogP contribution in [0.5, 0.6) is 0 Å². The van der Waals surface area contributed by atoms with Gasteiger partial charge < -0.3 is 10.2 Å². The van der Waals surface area contributed by atoms with Crippen LogP contribution in [0.4, 0.5) is 0 Å². The van der Waals surface area contributed by atoms with Gasteiger partial charge in [0.25, 0.3) is 0 Å². The molecule has 2 aromatic carbocycles. The SMILES string of the molecule is CC[C@H](C)NC(=O)CCN1CCN(C(c2ccccc2)c2ccccc2)CC1. The normalized spacial score (nSPS) is 16.8. The monoisotopic (exact) mass is 379 g/mol. The maximum atomic E-state index is 12.0. The van der Waals surface area contributed by atoms with Gasteiger partial charge in [0.1, 0.15) is 0 Å². The molecular weight excluding hydrogens is 346 g/mol. The summed E-state index contributed by atoms with van der Waals surface area (Å²) < 4.78 is 0. The number of benzene rings is 2. The van der Waals surface area contributed by atoms with E-state index in [1.807, 2.05) is 0 Å². The Morgan fingerprint density at radius 2 is 1.46 bits per heavy atom. The van der Waals surface area contributed by atoms with Gasteiger partial charge in [0.05, 0.1) is 6.04 Å². The molecule has 1 amide bonds. The number of nitrogens with zero attached hydrogens (tertiary/aromatic N) is 2. The first kappa shape index (κ1) is 20.6. The molecule has 4 heteroatoms. The fourth-order valence-electron chi connectivity index (χ4n) is 3.84. The Balaban J connectivity index is 1.58. The maximum Gasteiger partial charge on any atom is 0.221 e. The Morgan fingerprint density at radius 1 is 0.929 bits per heavy atom. The van der Waals surface area contributed by atoms with Gasteiger partial charge in [0, 0.05) is 45.2 Å². The molecule has 0 bridgehead atoms. The van der Waals surface area contributed by atoms with Gasteiger partial charge >= 0.3 is 0 Å². The van der Waals surface area contributed by atoms with Crippen molar-refractivity contribution >= 4 is 5.91 Å². The van der Waals surface area contributed by atoms with E-state index in [-0.39, 0.29) is 11.9 Å². The number of nitrogens with one attached hydrogen (secondary N) is 1. The molecule has 1 N–H and O–H groups in total. The minimum atomic E-state index is 0.170. The highest BCUT2D eigenvalue weighted by molar-refractivity contribution is 5.76. The smallest absolute Gasteiger partial charge is 0.221 e. The lowest BCUT2D eigenvalue weighted by Gasteiger charge is -2.39. The van der Waals surface area contributed by atoms with E-state index in [1.54, 1.807) is 0 Å². The predicted molar refractivity (Wildman–Crippen MR) is 115 cm³/mol. The summed E-state index contributed by atoms with van der Waals surface area (Å²) in [5.74, 6) is 0.170. The zero-order valence-corrected chi connectivity index (χ0v) is 17.2. The van der Waals surface area contributed by atoms with Crippen molar-refractivity contribution in [1.82, 2.24) is 15.1 Å². The Kier molecular flexibility index (Phi) is 7.63. The maximum absolute atomic E-state index is 12.0. The highest BCUT2D eigenvalue weighted by Gasteiger charge is 2.26. The summed E-state index contributed by atoms with van der Waals surface area (Å²) in [7, 11) is 0. The fraction of sp³-hybridized carbons (Fsp3) is 0.458. The van der Waals surface area contributed by atoms with Gasteiger partial charge in [-0.3, -0.25) is 9.69 Å². The molecule has 1 heterocycles. The third-order valence-corrected chi connectivity index (χ3v) is 5.68. The molecule has 0 spiro atoms. The second kappa shape index (κ2) is 10.4. The van der Waals surface area contributed by atoms with Crippen LogP contribution in [0.3, 0.4) is 0 Å². The van der Waals surface area contributed by atoms with Crippen molar-refractivity contribution in [3.05, 3.63) is 71.8 Å². The Morgan fingerprint density at radius 3 is 1.96 bits per heavy atom. The van der Waals surface area contributed by atoms with E-state index in [1.165, 1.54) is 11.1 Å². The average molecular weight is 380 g/mol. The van der Waals surface area contributed by atoms with E-state index in [9.17, 15) is 4.79 Å². The Hall–Kier alpha value is -2.17. The molecule has 0 radical (unpaired) electrons. The largest absolute Gasteiger partial charge is 0.354 e. The van der Waals surface area contributed by atoms with Crippen LogP contribution in [0.1, 0.15) is 43.9 Å². The molecule has 3 rings (SSSR count). The molecule has 2 aromatic rings. The summed E-state index contributed by atoms with van der Waals surface area (Å²) >= 11 is 0. The third kappa shape index (κ3) is 5.66. The van der Waals surface area contributed by atoms with Gasteiger partial charge in [-0.15, -0.1) is 0 Å². The first-order valence-corrected chi connectivity index (χ1v) is 10.5. The van der Waals surface area contributed by atoms with Crippen LogP contribution in [-0.2, 0) is 4.79 Å². The van der Waals surface area contributed by atoms with Crippen molar-refractivity contribution in [2.75, 3.05) is 32.7 Å². The number of amides is 1. The van der Waals surface area contributed by atoms with Gasteiger partial charge in [-0.2, -0.15) is 0 Å². The van der Waals surface area contributed by atoms with E-state index in [4.69, 9.17) is 0 Å². The molecule has 0 saturated carbocycles. The summed E-state index contributed by atoms with van der Waals surface area (Å²) in [6.07, 6.45) is 1.57. The van der Waals surface area contributed by atoms with E-state index >= 15 is 0 Å². The standard InChI is InChI=1S/C24H33N3O/c1-3-20(2)25-23(28)14-15-26-16-18-27(19-17-26)24(21-10-6-4-7-11-21)22-12-8-5-9-13-22/h4-13,20,24H,3,14-19H2,1-2H3,(H,25,28)/t20-/m0/s1. The number of carbonyl (C=O) groups excluding carboxylic acids is 1. The number of rotatable bonds is 8. The van der Waals surface area contributed by atoms with Gasteiger partial charge in [-0.25, -0.2) is 0 Å². The molecule has 1 saturated heterocycles. The molecule has 0 unspecified atom stereocenters. The van der Waals surface area contributed by atoms with E-state index in [0.717, 1.165) is 39.1 Å². The number of carbonyl (C=O) groups is 1. The van der Waals surface area contributed by atoms with Crippen molar-refractivity contribution in [1.29, 1.82) is 0 Å². The quantitative estimate of drug-likeness (QED) is 0.760. The second-order valence-corrected chi connectivity index (χ2v) is 7.73. The lowest BCUT2D eigenvalue weighted by molar-refractivity contribution is -0.122. The second-order valence-electron chi connectivity index (χ2n) is 7.73. The average Bonchev–Trinajstić information content (AvgIpc) is 2.75. The number of hydrogen-bond acceptors (Lipinski definition) is 3. The van der Waals surface area contributed by atoms with Crippen molar-refractivity contribution in [2.24, 2.45) is 0 Å². The highest BCUT2D eigenvalue weighted by atomic mass is 16.1. The number of hydrogen-bond donors (Lipinski definition) is 1. The first-order valence-electron chi connectivity index (χ1n) is 10.5. The van der Waals surface area contributed by atoms with Crippen LogP contribution in [0.15, 0.2) is 60.7 Å². The van der Waals surface area contributed by atoms with Crippen LogP contribution in [0.2, 0.25) is 0 Å². The minimum Gasteiger partial charge on any atom is -0.354 e. The zero-order valence-electron chi connectivity index (χ0n) is 17.2. The van der Waals surface area contributed by atoms with Crippen molar-refractivity contribution in [2.45, 2.75) is 38.8 Å². The molecule has 0 aromatic heterocycles. The summed E-state index contributed by atoms with van der Waals surface area (Å²) in [4.78, 5) is 17.0. The van der Waals surface area contributed by atoms with Crippen molar-refractivity contribution in [3.8, 4) is 0 Å². The molecule has 28 heavy (non-hydrogen) atoms. The first-order chi connectivity index (χ1) is 13.7. The number of piperazine rings is 1. The molecule has 1 aliphatic heterocycles. The fourth-order valence-corrected chi connectivity index (χ4v) is 3.84. The molecular formula is C24H33N3O. The van der Waals surface area contributed by atoms with Crippen molar-refractivity contribution < 1.29 is 4.79 Å². The molecule has 1 fully saturated rings. The lowest BCUT2D eigenvalue weighted by Crippen LogP contribution is -2.48. The van der Waals surface area contributed by atoms with E-state index in [0.29, 0.717) is 12.5 Å². The van der Waals surface area contributed by atoms with Crippen LogP contribution in [-0.4, -0.2) is 54.5 Å². The zero-order chi connectivity index (χ0) is 19.8. The van der Waals surface area contributed by atoms with Gasteiger partial charge in [-0.05, 0) is 24.5 Å². The lowest BCUT2D eigenvalue weighted by atomic mass is 9.96. The summed E-state index contributed by atoms with van der Waals surface area (Å²) in [5.41, 5.74) is 2.69. The topological polar surface area (TPSA) is 35.6 Å². The summed E-state index contributed by atoms with van der Waals surface area (Å²) in [5, 5.41) is 3.06. The summed E-state index contributed by atoms with van der Waals surface area (Å²) in [6.45, 7) is 9.05. The molecule has 0 aliphatic carbocycles. The Bertz CT molecular complexity index is 672. The van der Waals surface area contributed by atoms with E-state index < -0.39 is 0 Å².